The van der Waals surface area contributed by atoms with E-state index in [0.29, 0.717) is 0 Å². The van der Waals surface area contributed by atoms with Gasteiger partial charge in [-0.05, 0) is 53.1 Å². The van der Waals surface area contributed by atoms with E-state index in [1.165, 1.54) is 27.6 Å². The number of benzene rings is 3. The van der Waals surface area contributed by atoms with Crippen molar-refractivity contribution in [3.8, 4) is 0 Å². The normalized spacial score (nSPS) is 13.1. The number of aliphatic imine (C=N–C) groups is 1. The molecule has 0 N–H and O–H groups in total. The molecule has 0 saturated carbocycles. The molecule has 0 unspecified atom stereocenters. The molecular formula is C21H20N2. The highest BCUT2D eigenvalue weighted by Gasteiger charge is 2.15. The Labute approximate surface area is 137 Å². The second-order valence-electron chi connectivity index (χ2n) is 6.33. The van der Waals surface area contributed by atoms with E-state index in [-0.39, 0.29) is 0 Å². The van der Waals surface area contributed by atoms with Gasteiger partial charge in [0.25, 0.3) is 0 Å². The van der Waals surface area contributed by atoms with Crippen molar-refractivity contribution in [2.75, 3.05) is 19.0 Å². The second-order valence-corrected chi connectivity index (χ2v) is 6.33. The molecule has 2 nitrogen and oxygen atoms in total. The van der Waals surface area contributed by atoms with Gasteiger partial charge in [0, 0.05) is 31.4 Å². The van der Waals surface area contributed by atoms with Crippen molar-refractivity contribution < 1.29 is 0 Å². The fourth-order valence-electron chi connectivity index (χ4n) is 3.35. The van der Waals surface area contributed by atoms with Crippen LogP contribution in [0.2, 0.25) is 0 Å². The monoisotopic (exact) mass is 300 g/mol. The minimum absolute atomic E-state index is 1.06. The SMILES string of the molecule is CN(C)c1ccc(C=Nc2ccc3c4c(cccc24)CC3)cc1. The standard InChI is InChI=1S/C21H20N2/c1-23(2)18-11-6-15(7-12-18)14-22-20-13-10-17-9-8-16-4-3-5-19(20)21(16)17/h3-7,10-14H,8-9H2,1-2H3. The van der Waals surface area contributed by atoms with Crippen LogP contribution in [0.1, 0.15) is 16.7 Å². The van der Waals surface area contributed by atoms with Gasteiger partial charge >= 0.3 is 0 Å². The van der Waals surface area contributed by atoms with Gasteiger partial charge in [-0.2, -0.15) is 0 Å². The molecule has 0 atom stereocenters. The Balaban J connectivity index is 1.70. The van der Waals surface area contributed by atoms with Gasteiger partial charge in [0.05, 0.1) is 5.69 Å². The zero-order valence-corrected chi connectivity index (χ0v) is 13.6. The molecule has 114 valence electrons. The summed E-state index contributed by atoms with van der Waals surface area (Å²) in [6.07, 6.45) is 4.27. The summed E-state index contributed by atoms with van der Waals surface area (Å²) in [6.45, 7) is 0. The van der Waals surface area contributed by atoms with Crippen molar-refractivity contribution in [3.63, 3.8) is 0 Å². The molecule has 1 aliphatic rings. The third-order valence-electron chi connectivity index (χ3n) is 4.62. The maximum atomic E-state index is 4.75. The van der Waals surface area contributed by atoms with Crippen LogP contribution in [0, 0.1) is 0 Å². The van der Waals surface area contributed by atoms with Gasteiger partial charge in [0.2, 0.25) is 0 Å². The Morgan fingerprint density at radius 1 is 0.870 bits per heavy atom. The first-order valence-corrected chi connectivity index (χ1v) is 8.07. The van der Waals surface area contributed by atoms with Crippen LogP contribution < -0.4 is 4.90 Å². The predicted octanol–water partition coefficient (Wildman–Crippen LogP) is 4.76. The van der Waals surface area contributed by atoms with Crippen LogP contribution in [-0.2, 0) is 12.8 Å². The number of hydrogen-bond acceptors (Lipinski definition) is 2. The molecule has 0 aliphatic heterocycles. The van der Waals surface area contributed by atoms with Crippen molar-refractivity contribution in [3.05, 3.63) is 71.3 Å². The van der Waals surface area contributed by atoms with E-state index in [2.05, 4.69) is 73.6 Å². The summed E-state index contributed by atoms with van der Waals surface area (Å²) < 4.78 is 0. The summed E-state index contributed by atoms with van der Waals surface area (Å²) in [7, 11) is 4.10. The number of hydrogen-bond donors (Lipinski definition) is 0. The number of anilines is 1. The van der Waals surface area contributed by atoms with Gasteiger partial charge in [-0.25, -0.2) is 0 Å². The van der Waals surface area contributed by atoms with E-state index in [9.17, 15) is 0 Å². The van der Waals surface area contributed by atoms with Crippen LogP contribution >= 0.6 is 0 Å². The summed E-state index contributed by atoms with van der Waals surface area (Å²) in [5.41, 5.74) is 6.31. The molecule has 0 spiro atoms. The zero-order chi connectivity index (χ0) is 15.8. The molecule has 0 heterocycles. The third kappa shape index (κ3) is 2.50. The lowest BCUT2D eigenvalue weighted by Crippen LogP contribution is -2.08. The lowest BCUT2D eigenvalue weighted by Gasteiger charge is -2.11. The van der Waals surface area contributed by atoms with E-state index < -0.39 is 0 Å². The summed E-state index contributed by atoms with van der Waals surface area (Å²) in [5.74, 6) is 0. The van der Waals surface area contributed by atoms with Crippen LogP contribution in [0.15, 0.2) is 59.6 Å². The minimum atomic E-state index is 1.06. The molecule has 0 fully saturated rings. The smallest absolute Gasteiger partial charge is 0.0708 e. The van der Waals surface area contributed by atoms with E-state index in [1.54, 1.807) is 0 Å². The first-order chi connectivity index (χ1) is 11.2. The van der Waals surface area contributed by atoms with Crippen LogP contribution in [0.3, 0.4) is 0 Å². The molecule has 0 amide bonds. The zero-order valence-electron chi connectivity index (χ0n) is 13.6. The largest absolute Gasteiger partial charge is 0.378 e. The first kappa shape index (κ1) is 14.0. The van der Waals surface area contributed by atoms with Gasteiger partial charge < -0.3 is 4.90 Å². The van der Waals surface area contributed by atoms with E-state index in [1.807, 2.05) is 6.21 Å². The second kappa shape index (κ2) is 5.54. The lowest BCUT2D eigenvalue weighted by atomic mass is 10.0. The Morgan fingerprint density at radius 2 is 1.61 bits per heavy atom. The molecule has 1 aliphatic carbocycles. The van der Waals surface area contributed by atoms with Gasteiger partial charge in [-0.3, -0.25) is 4.99 Å². The molecule has 0 aromatic heterocycles. The molecule has 3 aromatic carbocycles. The van der Waals surface area contributed by atoms with Crippen molar-refractivity contribution in [1.29, 1.82) is 0 Å². The Hall–Kier alpha value is -2.61. The molecule has 0 saturated heterocycles. The highest BCUT2D eigenvalue weighted by molar-refractivity contribution is 6.00. The topological polar surface area (TPSA) is 15.6 Å². The third-order valence-corrected chi connectivity index (χ3v) is 4.62. The summed E-state index contributed by atoms with van der Waals surface area (Å²) in [5, 5.41) is 2.70. The Morgan fingerprint density at radius 3 is 2.35 bits per heavy atom. The molecule has 4 rings (SSSR count). The first-order valence-electron chi connectivity index (χ1n) is 8.07. The molecule has 0 radical (unpaired) electrons. The van der Waals surface area contributed by atoms with Gasteiger partial charge in [0.15, 0.2) is 0 Å². The van der Waals surface area contributed by atoms with Gasteiger partial charge in [-0.15, -0.1) is 0 Å². The Kier molecular flexibility index (Phi) is 3.38. The number of aryl methyl sites for hydroxylation is 2. The van der Waals surface area contributed by atoms with Crippen molar-refractivity contribution in [1.82, 2.24) is 0 Å². The molecular weight excluding hydrogens is 280 g/mol. The van der Waals surface area contributed by atoms with Gasteiger partial charge in [0.1, 0.15) is 0 Å². The molecule has 2 heteroatoms. The van der Waals surface area contributed by atoms with Crippen LogP contribution in [0.4, 0.5) is 11.4 Å². The summed E-state index contributed by atoms with van der Waals surface area (Å²) in [6, 6.07) is 19.4. The summed E-state index contributed by atoms with van der Waals surface area (Å²) >= 11 is 0. The van der Waals surface area contributed by atoms with Crippen molar-refractivity contribution in [2.24, 2.45) is 4.99 Å². The highest BCUT2D eigenvalue weighted by Crippen LogP contribution is 2.36. The number of nitrogens with zero attached hydrogens (tertiary/aromatic N) is 2. The maximum absolute atomic E-state index is 4.75. The fourth-order valence-corrected chi connectivity index (χ4v) is 3.35. The van der Waals surface area contributed by atoms with Crippen molar-refractivity contribution >= 4 is 28.4 Å². The van der Waals surface area contributed by atoms with E-state index in [0.717, 1.165) is 24.1 Å². The summed E-state index contributed by atoms with van der Waals surface area (Å²) in [4.78, 5) is 6.85. The molecule has 23 heavy (non-hydrogen) atoms. The fraction of sp³-hybridized carbons (Fsp3) is 0.190. The van der Waals surface area contributed by atoms with Crippen molar-refractivity contribution in [2.45, 2.75) is 12.8 Å². The lowest BCUT2D eigenvalue weighted by molar-refractivity contribution is 1.02. The van der Waals surface area contributed by atoms with Crippen LogP contribution in [-0.4, -0.2) is 20.3 Å². The average molecular weight is 300 g/mol. The molecule has 3 aromatic rings. The Bertz CT molecular complexity index is 879. The van der Waals surface area contributed by atoms with Crippen LogP contribution in [0.25, 0.3) is 10.8 Å². The minimum Gasteiger partial charge on any atom is -0.378 e. The van der Waals surface area contributed by atoms with E-state index in [4.69, 9.17) is 4.99 Å². The predicted molar refractivity (Wildman–Crippen MR) is 99.4 cm³/mol. The molecule has 0 bridgehead atoms. The van der Waals surface area contributed by atoms with Gasteiger partial charge in [-0.1, -0.05) is 36.4 Å². The maximum Gasteiger partial charge on any atom is 0.0708 e. The quantitative estimate of drug-likeness (QED) is 0.637. The average Bonchev–Trinajstić information content (AvgIpc) is 3.00. The van der Waals surface area contributed by atoms with Crippen LogP contribution in [0.5, 0.6) is 0 Å². The number of rotatable bonds is 3. The highest BCUT2D eigenvalue weighted by atomic mass is 15.1. The van der Waals surface area contributed by atoms with E-state index >= 15 is 0 Å².